The fourth-order valence-corrected chi connectivity index (χ4v) is 4.59. The van der Waals surface area contributed by atoms with Crippen molar-refractivity contribution in [1.29, 1.82) is 0 Å². The topological polar surface area (TPSA) is 55.2 Å². The van der Waals surface area contributed by atoms with E-state index in [9.17, 15) is 9.59 Å². The highest BCUT2D eigenvalue weighted by Gasteiger charge is 2.19. The number of fused-ring (bicyclic) bond motifs is 1. The van der Waals surface area contributed by atoms with E-state index in [0.29, 0.717) is 18.4 Å². The zero-order chi connectivity index (χ0) is 18.1. The van der Waals surface area contributed by atoms with Crippen molar-refractivity contribution in [3.63, 3.8) is 0 Å². The zero-order valence-corrected chi connectivity index (χ0v) is 15.6. The summed E-state index contributed by atoms with van der Waals surface area (Å²) in [6.45, 7) is 4.08. The Morgan fingerprint density at radius 2 is 1.92 bits per heavy atom. The molecule has 0 saturated carbocycles. The Morgan fingerprint density at radius 3 is 2.65 bits per heavy atom. The number of aromatic nitrogens is 2. The second-order valence-electron chi connectivity index (χ2n) is 6.66. The lowest BCUT2D eigenvalue weighted by Crippen LogP contribution is -2.30. The minimum Gasteiger partial charge on any atom is -0.343 e. The minimum absolute atomic E-state index is 0.0626. The first kappa shape index (κ1) is 17.0. The SMILES string of the molecule is Cc1sc2ncn(CCC(=O)N3CCCC3)c(=O)c2c1-c1ccccc1. The predicted molar refractivity (Wildman–Crippen MR) is 104 cm³/mol. The molecule has 134 valence electrons. The maximum Gasteiger partial charge on any atom is 0.262 e. The first-order chi connectivity index (χ1) is 12.6. The number of hydrogen-bond donors (Lipinski definition) is 0. The summed E-state index contributed by atoms with van der Waals surface area (Å²) in [5.41, 5.74) is 1.93. The molecular weight excluding hydrogens is 346 g/mol. The first-order valence-electron chi connectivity index (χ1n) is 8.97. The standard InChI is InChI=1S/C20H21N3O2S/c1-14-17(15-7-3-2-4-8-15)18-19(26-14)21-13-23(20(18)25)12-9-16(24)22-10-5-6-11-22/h2-4,7-8,13H,5-6,9-12H2,1H3. The normalized spacial score (nSPS) is 14.3. The summed E-state index contributed by atoms with van der Waals surface area (Å²) in [6.07, 6.45) is 4.07. The number of amides is 1. The Morgan fingerprint density at radius 1 is 1.19 bits per heavy atom. The Bertz CT molecular complexity index is 1000. The fourth-order valence-electron chi connectivity index (χ4n) is 3.59. The molecule has 1 fully saturated rings. The summed E-state index contributed by atoms with van der Waals surface area (Å²) in [5.74, 6) is 0.124. The van der Waals surface area contributed by atoms with Crippen LogP contribution < -0.4 is 5.56 Å². The maximum absolute atomic E-state index is 13.1. The third kappa shape index (κ3) is 3.05. The van der Waals surface area contributed by atoms with Crippen molar-refractivity contribution in [2.75, 3.05) is 13.1 Å². The third-order valence-corrected chi connectivity index (χ3v) is 5.96. The maximum atomic E-state index is 13.1. The second kappa shape index (κ2) is 7.03. The Kier molecular flexibility index (Phi) is 4.59. The van der Waals surface area contributed by atoms with Crippen molar-refractivity contribution in [3.8, 4) is 11.1 Å². The van der Waals surface area contributed by atoms with Crippen LogP contribution in [0.2, 0.25) is 0 Å². The summed E-state index contributed by atoms with van der Waals surface area (Å²) in [6, 6.07) is 9.95. The van der Waals surface area contributed by atoms with Crippen molar-refractivity contribution in [2.24, 2.45) is 0 Å². The molecule has 0 radical (unpaired) electrons. The zero-order valence-electron chi connectivity index (χ0n) is 14.8. The van der Waals surface area contributed by atoms with Gasteiger partial charge in [-0.05, 0) is 25.3 Å². The lowest BCUT2D eigenvalue weighted by atomic mass is 10.0. The largest absolute Gasteiger partial charge is 0.343 e. The Labute approximate surface area is 155 Å². The summed E-state index contributed by atoms with van der Waals surface area (Å²) >= 11 is 1.54. The molecule has 1 aromatic carbocycles. The molecule has 3 aromatic rings. The molecule has 3 heterocycles. The molecule has 0 N–H and O–H groups in total. The lowest BCUT2D eigenvalue weighted by Gasteiger charge is -2.15. The van der Waals surface area contributed by atoms with E-state index in [1.54, 1.807) is 22.2 Å². The van der Waals surface area contributed by atoms with E-state index in [2.05, 4.69) is 4.98 Å². The number of carbonyl (C=O) groups is 1. The van der Waals surface area contributed by atoms with Gasteiger partial charge in [0.1, 0.15) is 4.83 Å². The molecule has 26 heavy (non-hydrogen) atoms. The van der Waals surface area contributed by atoms with Gasteiger partial charge in [-0.25, -0.2) is 4.98 Å². The van der Waals surface area contributed by atoms with Crippen LogP contribution in [-0.4, -0.2) is 33.4 Å². The number of nitrogens with zero attached hydrogens (tertiary/aromatic N) is 3. The summed E-state index contributed by atoms with van der Waals surface area (Å²) < 4.78 is 1.58. The van der Waals surface area contributed by atoms with Crippen LogP contribution in [0.25, 0.3) is 21.3 Å². The van der Waals surface area contributed by atoms with Crippen LogP contribution in [0.1, 0.15) is 24.1 Å². The number of benzene rings is 1. The average molecular weight is 367 g/mol. The van der Waals surface area contributed by atoms with E-state index in [-0.39, 0.29) is 11.5 Å². The number of hydrogen-bond acceptors (Lipinski definition) is 4. The van der Waals surface area contributed by atoms with Gasteiger partial charge in [0.15, 0.2) is 0 Å². The molecule has 0 bridgehead atoms. The summed E-state index contributed by atoms with van der Waals surface area (Å²) in [7, 11) is 0. The molecule has 4 rings (SSSR count). The van der Waals surface area contributed by atoms with Gasteiger partial charge in [0.2, 0.25) is 5.91 Å². The van der Waals surface area contributed by atoms with Crippen LogP contribution >= 0.6 is 11.3 Å². The first-order valence-corrected chi connectivity index (χ1v) is 9.78. The average Bonchev–Trinajstić information content (AvgIpc) is 3.29. The quantitative estimate of drug-likeness (QED) is 0.710. The van der Waals surface area contributed by atoms with Gasteiger partial charge < -0.3 is 4.90 Å². The number of aryl methyl sites for hydroxylation is 2. The lowest BCUT2D eigenvalue weighted by molar-refractivity contribution is -0.130. The highest BCUT2D eigenvalue weighted by molar-refractivity contribution is 7.19. The van der Waals surface area contributed by atoms with Gasteiger partial charge >= 0.3 is 0 Å². The molecule has 0 aliphatic carbocycles. The highest BCUT2D eigenvalue weighted by Crippen LogP contribution is 2.35. The van der Waals surface area contributed by atoms with Crippen LogP contribution in [0.3, 0.4) is 0 Å². The van der Waals surface area contributed by atoms with Gasteiger partial charge in [0.05, 0.1) is 11.7 Å². The van der Waals surface area contributed by atoms with Crippen LogP contribution in [0.4, 0.5) is 0 Å². The van der Waals surface area contributed by atoms with Crippen LogP contribution in [0, 0.1) is 6.92 Å². The molecule has 2 aromatic heterocycles. The van der Waals surface area contributed by atoms with Crippen LogP contribution in [-0.2, 0) is 11.3 Å². The Hall–Kier alpha value is -2.47. The fraction of sp³-hybridized carbons (Fsp3) is 0.350. The molecule has 1 aliphatic rings. The van der Waals surface area contributed by atoms with Crippen LogP contribution in [0.15, 0.2) is 41.5 Å². The van der Waals surface area contributed by atoms with Crippen molar-refractivity contribution in [2.45, 2.75) is 32.7 Å². The molecule has 1 amide bonds. The van der Waals surface area contributed by atoms with Crippen molar-refractivity contribution < 1.29 is 4.79 Å². The summed E-state index contributed by atoms with van der Waals surface area (Å²) in [5, 5.41) is 0.662. The predicted octanol–water partition coefficient (Wildman–Crippen LogP) is 3.45. The third-order valence-electron chi connectivity index (χ3n) is 4.94. The second-order valence-corrected chi connectivity index (χ2v) is 7.86. The molecule has 0 unspecified atom stereocenters. The van der Waals surface area contributed by atoms with Gasteiger partial charge in [-0.2, -0.15) is 0 Å². The smallest absolute Gasteiger partial charge is 0.262 e. The molecule has 5 nitrogen and oxygen atoms in total. The van der Waals surface area contributed by atoms with Gasteiger partial charge in [-0.15, -0.1) is 11.3 Å². The van der Waals surface area contributed by atoms with E-state index < -0.39 is 0 Å². The molecule has 1 saturated heterocycles. The molecule has 0 atom stereocenters. The molecule has 0 spiro atoms. The van der Waals surface area contributed by atoms with Crippen molar-refractivity contribution >= 4 is 27.5 Å². The van der Waals surface area contributed by atoms with Crippen molar-refractivity contribution in [3.05, 3.63) is 51.9 Å². The number of likely N-dealkylation sites (tertiary alicyclic amines) is 1. The van der Waals surface area contributed by atoms with Gasteiger partial charge in [-0.1, -0.05) is 30.3 Å². The molecule has 1 aliphatic heterocycles. The van der Waals surface area contributed by atoms with E-state index in [0.717, 1.165) is 46.8 Å². The molecular formula is C20H21N3O2S. The number of thiophene rings is 1. The van der Waals surface area contributed by atoms with Crippen LogP contribution in [0.5, 0.6) is 0 Å². The van der Waals surface area contributed by atoms with E-state index in [1.165, 1.54) is 0 Å². The van der Waals surface area contributed by atoms with Gasteiger partial charge in [0, 0.05) is 36.5 Å². The monoisotopic (exact) mass is 367 g/mol. The van der Waals surface area contributed by atoms with E-state index in [4.69, 9.17) is 0 Å². The van der Waals surface area contributed by atoms with Gasteiger partial charge in [0.25, 0.3) is 5.56 Å². The summed E-state index contributed by atoms with van der Waals surface area (Å²) in [4.78, 5) is 33.6. The van der Waals surface area contributed by atoms with E-state index >= 15 is 0 Å². The Balaban J connectivity index is 1.68. The van der Waals surface area contributed by atoms with Gasteiger partial charge in [-0.3, -0.25) is 14.2 Å². The van der Waals surface area contributed by atoms with Crippen molar-refractivity contribution in [1.82, 2.24) is 14.5 Å². The molecule has 6 heteroatoms. The minimum atomic E-state index is -0.0626. The number of carbonyl (C=O) groups excluding carboxylic acids is 1. The highest BCUT2D eigenvalue weighted by atomic mass is 32.1. The number of rotatable bonds is 4. The van der Waals surface area contributed by atoms with E-state index in [1.807, 2.05) is 42.2 Å².